The van der Waals surface area contributed by atoms with Gasteiger partial charge < -0.3 is 10.8 Å². The molecule has 0 radical (unpaired) electrons. The first-order valence-corrected chi connectivity index (χ1v) is 7.56. The second kappa shape index (κ2) is 6.96. The first-order chi connectivity index (χ1) is 9.30. The second-order valence-electron chi connectivity index (χ2n) is 4.42. The molecule has 114 valence electrons. The summed E-state index contributed by atoms with van der Waals surface area (Å²) in [6.45, 7) is 0.142. The van der Waals surface area contributed by atoms with Crippen molar-refractivity contribution >= 4 is 15.7 Å². The molecule has 1 rings (SSSR count). The van der Waals surface area contributed by atoms with Crippen LogP contribution in [0.15, 0.2) is 17.0 Å². The Labute approximate surface area is 117 Å². The Morgan fingerprint density at radius 2 is 1.75 bits per heavy atom. The van der Waals surface area contributed by atoms with Gasteiger partial charge in [-0.2, -0.15) is 0 Å². The van der Waals surface area contributed by atoms with E-state index in [0.29, 0.717) is 19.3 Å². The highest BCUT2D eigenvalue weighted by molar-refractivity contribution is 7.89. The molecule has 3 N–H and O–H groups in total. The average Bonchev–Trinajstić information content (AvgIpc) is 2.32. The fourth-order valence-electron chi connectivity index (χ4n) is 1.72. The third-order valence-electron chi connectivity index (χ3n) is 2.82. The fraction of sp³-hybridized carbons (Fsp3) is 0.500. The van der Waals surface area contributed by atoms with E-state index >= 15 is 0 Å². The van der Waals surface area contributed by atoms with Gasteiger partial charge in [0.1, 0.15) is 11.6 Å². The molecule has 0 amide bonds. The largest absolute Gasteiger partial charge is 0.399 e. The average molecular weight is 308 g/mol. The summed E-state index contributed by atoms with van der Waals surface area (Å²) in [6.07, 6.45) is 1.68. The van der Waals surface area contributed by atoms with Crippen LogP contribution in [-0.2, 0) is 10.0 Å². The van der Waals surface area contributed by atoms with Gasteiger partial charge in [0.2, 0.25) is 10.0 Å². The lowest BCUT2D eigenvalue weighted by atomic mass is 10.2. The Hall–Kier alpha value is -1.25. The summed E-state index contributed by atoms with van der Waals surface area (Å²) in [5, 5.41) is 8.63. The fourth-order valence-corrected chi connectivity index (χ4v) is 3.02. The van der Waals surface area contributed by atoms with Gasteiger partial charge in [0.05, 0.1) is 0 Å². The van der Waals surface area contributed by atoms with E-state index < -0.39 is 26.6 Å². The lowest BCUT2D eigenvalue weighted by Gasteiger charge is -2.18. The minimum Gasteiger partial charge on any atom is -0.399 e. The molecule has 1 aromatic carbocycles. The van der Waals surface area contributed by atoms with Gasteiger partial charge in [0.15, 0.2) is 4.90 Å². The molecule has 8 heteroatoms. The van der Waals surface area contributed by atoms with Gasteiger partial charge in [-0.05, 0) is 31.4 Å². The van der Waals surface area contributed by atoms with Crippen molar-refractivity contribution in [3.63, 3.8) is 0 Å². The number of hydrogen-bond donors (Lipinski definition) is 2. The number of benzene rings is 1. The number of halogens is 2. The second-order valence-corrected chi connectivity index (χ2v) is 6.41. The number of rotatable bonds is 7. The molecule has 0 unspecified atom stereocenters. The van der Waals surface area contributed by atoms with Crippen LogP contribution in [0.3, 0.4) is 0 Å². The highest BCUT2D eigenvalue weighted by Gasteiger charge is 2.28. The van der Waals surface area contributed by atoms with Crippen molar-refractivity contribution in [3.8, 4) is 0 Å². The number of nitrogen functional groups attached to an aromatic ring is 1. The van der Waals surface area contributed by atoms with E-state index in [1.165, 1.54) is 7.05 Å². The number of nitrogens with two attached hydrogens (primary N) is 1. The Balaban J connectivity index is 2.93. The molecule has 0 bridgehead atoms. The van der Waals surface area contributed by atoms with Crippen molar-refractivity contribution < 1.29 is 22.3 Å². The Morgan fingerprint density at radius 1 is 1.20 bits per heavy atom. The summed E-state index contributed by atoms with van der Waals surface area (Å²) in [6, 6.07) is 1.55. The van der Waals surface area contributed by atoms with Crippen LogP contribution in [0, 0.1) is 11.6 Å². The lowest BCUT2D eigenvalue weighted by molar-refractivity contribution is 0.281. The van der Waals surface area contributed by atoms with Crippen LogP contribution in [0.4, 0.5) is 14.5 Å². The molecule has 0 aliphatic rings. The normalized spacial score (nSPS) is 12.1. The smallest absolute Gasteiger partial charge is 0.248 e. The quantitative estimate of drug-likeness (QED) is 0.588. The van der Waals surface area contributed by atoms with Crippen LogP contribution in [0.25, 0.3) is 0 Å². The third-order valence-corrected chi connectivity index (χ3v) is 4.73. The molecule has 0 fully saturated rings. The van der Waals surface area contributed by atoms with E-state index in [1.54, 1.807) is 0 Å². The monoisotopic (exact) mass is 308 g/mol. The zero-order valence-electron chi connectivity index (χ0n) is 11.1. The molecular formula is C12H18F2N2O3S. The van der Waals surface area contributed by atoms with Gasteiger partial charge in [-0.3, -0.25) is 0 Å². The van der Waals surface area contributed by atoms with Crippen molar-refractivity contribution in [1.82, 2.24) is 4.31 Å². The van der Waals surface area contributed by atoms with Crippen molar-refractivity contribution in [1.29, 1.82) is 0 Å². The zero-order chi connectivity index (χ0) is 15.3. The third kappa shape index (κ3) is 3.87. The summed E-state index contributed by atoms with van der Waals surface area (Å²) in [7, 11) is -2.99. The SMILES string of the molecule is CN(CCCCCO)S(=O)(=O)c1c(F)cc(N)cc1F. The molecular weight excluding hydrogens is 290 g/mol. The minimum atomic E-state index is -4.24. The number of aliphatic hydroxyl groups is 1. The van der Waals surface area contributed by atoms with Crippen molar-refractivity contribution in [2.45, 2.75) is 24.2 Å². The highest BCUT2D eigenvalue weighted by Crippen LogP contribution is 2.24. The molecule has 0 aliphatic heterocycles. The summed E-state index contributed by atoms with van der Waals surface area (Å²) < 4.78 is 52.4. The van der Waals surface area contributed by atoms with E-state index in [-0.39, 0.29) is 18.8 Å². The first kappa shape index (κ1) is 16.8. The molecule has 0 aliphatic carbocycles. The van der Waals surface area contributed by atoms with Crippen molar-refractivity contribution in [2.24, 2.45) is 0 Å². The number of nitrogens with zero attached hydrogens (tertiary/aromatic N) is 1. The van der Waals surface area contributed by atoms with Crippen LogP contribution in [-0.4, -0.2) is 38.0 Å². The molecule has 0 heterocycles. The predicted octanol–water partition coefficient (Wildman–Crippen LogP) is 1.33. The topological polar surface area (TPSA) is 83.6 Å². The number of anilines is 1. The summed E-state index contributed by atoms with van der Waals surface area (Å²) >= 11 is 0. The van der Waals surface area contributed by atoms with Gasteiger partial charge in [-0.15, -0.1) is 0 Å². The van der Waals surface area contributed by atoms with E-state index in [4.69, 9.17) is 10.8 Å². The van der Waals surface area contributed by atoms with Crippen LogP contribution < -0.4 is 5.73 Å². The lowest BCUT2D eigenvalue weighted by Crippen LogP contribution is -2.29. The van der Waals surface area contributed by atoms with Crippen molar-refractivity contribution in [3.05, 3.63) is 23.8 Å². The van der Waals surface area contributed by atoms with E-state index in [9.17, 15) is 17.2 Å². The summed E-state index contributed by atoms with van der Waals surface area (Å²) in [5.41, 5.74) is 5.07. The summed E-state index contributed by atoms with van der Waals surface area (Å²) in [4.78, 5) is -0.989. The van der Waals surface area contributed by atoms with Crippen LogP contribution in [0.1, 0.15) is 19.3 Å². The maximum atomic E-state index is 13.7. The molecule has 0 spiro atoms. The molecule has 0 aromatic heterocycles. The van der Waals surface area contributed by atoms with Crippen LogP contribution in [0.2, 0.25) is 0 Å². The maximum absolute atomic E-state index is 13.7. The van der Waals surface area contributed by atoms with Crippen molar-refractivity contribution in [2.75, 3.05) is 25.9 Å². The van der Waals surface area contributed by atoms with Crippen LogP contribution >= 0.6 is 0 Å². The maximum Gasteiger partial charge on any atom is 0.248 e. The Morgan fingerprint density at radius 3 is 2.25 bits per heavy atom. The number of sulfonamides is 1. The van der Waals surface area contributed by atoms with E-state index in [0.717, 1.165) is 16.4 Å². The Kier molecular flexibility index (Phi) is 5.85. The van der Waals surface area contributed by atoms with Gasteiger partial charge >= 0.3 is 0 Å². The molecule has 1 aromatic rings. The number of unbranched alkanes of at least 4 members (excludes halogenated alkanes) is 2. The van der Waals surface area contributed by atoms with Gasteiger partial charge in [-0.1, -0.05) is 0 Å². The number of hydrogen-bond acceptors (Lipinski definition) is 4. The highest BCUT2D eigenvalue weighted by atomic mass is 32.2. The molecule has 0 atom stereocenters. The zero-order valence-corrected chi connectivity index (χ0v) is 12.0. The van der Waals surface area contributed by atoms with Gasteiger partial charge in [0.25, 0.3) is 0 Å². The first-order valence-electron chi connectivity index (χ1n) is 6.12. The Bertz CT molecular complexity index is 541. The van der Waals surface area contributed by atoms with Gasteiger partial charge in [0, 0.05) is 25.9 Å². The molecule has 5 nitrogen and oxygen atoms in total. The standard InChI is InChI=1S/C12H18F2N2O3S/c1-16(5-3-2-4-6-17)20(18,19)12-10(13)7-9(15)8-11(12)14/h7-8,17H,2-6,15H2,1H3. The number of aliphatic hydroxyl groups excluding tert-OH is 1. The summed E-state index contributed by atoms with van der Waals surface area (Å²) in [5.74, 6) is -2.41. The predicted molar refractivity (Wildman–Crippen MR) is 71.5 cm³/mol. The molecule has 0 saturated carbocycles. The van der Waals surface area contributed by atoms with Gasteiger partial charge in [-0.25, -0.2) is 21.5 Å². The van der Waals surface area contributed by atoms with Crippen LogP contribution in [0.5, 0.6) is 0 Å². The molecule has 20 heavy (non-hydrogen) atoms. The molecule has 0 saturated heterocycles. The van der Waals surface area contributed by atoms with E-state index in [1.807, 2.05) is 0 Å². The minimum absolute atomic E-state index is 0.0255. The van der Waals surface area contributed by atoms with E-state index in [2.05, 4.69) is 0 Å².